The van der Waals surface area contributed by atoms with Crippen LogP contribution in [0.4, 0.5) is 0 Å². The van der Waals surface area contributed by atoms with Crippen LogP contribution in [0.2, 0.25) is 0 Å². The van der Waals surface area contributed by atoms with Gasteiger partial charge in [0.15, 0.2) is 0 Å². The molecule has 7 N–H and O–H groups in total. The van der Waals surface area contributed by atoms with Gasteiger partial charge in [-0.1, -0.05) is 0 Å². The van der Waals surface area contributed by atoms with Crippen molar-refractivity contribution in [2.24, 2.45) is 5.73 Å². The molecule has 0 aromatic carbocycles. The molecule has 0 spiro atoms. The number of carbonyl (C=O) groups is 1. The quantitative estimate of drug-likeness (QED) is 0.334. The molecule has 1 rings (SSSR count). The number of hydrogen-bond donors (Lipinski definition) is 6. The molecule has 1 fully saturated rings. The van der Waals surface area contributed by atoms with Gasteiger partial charge in [-0.05, 0) is 0 Å². The highest BCUT2D eigenvalue weighted by Crippen LogP contribution is 1.67. The molecule has 0 atom stereocenters. The lowest BCUT2D eigenvalue weighted by molar-refractivity contribution is -0.136. The van der Waals surface area contributed by atoms with Gasteiger partial charge in [-0.15, -0.1) is 0 Å². The second kappa shape index (κ2) is 14.3. The fourth-order valence-electron chi connectivity index (χ4n) is 1.33. The molecule has 1 saturated heterocycles. The summed E-state index contributed by atoms with van der Waals surface area (Å²) in [4.78, 5) is 9.52. The minimum atomic E-state index is -0.836. The number of hydrogen-bond acceptors (Lipinski definition) is 6. The van der Waals surface area contributed by atoms with Gasteiger partial charge in [0.25, 0.3) is 0 Å². The van der Waals surface area contributed by atoms with Crippen molar-refractivity contribution >= 4 is 5.97 Å². The molecule has 108 valence electrons. The highest BCUT2D eigenvalue weighted by atomic mass is 16.4. The van der Waals surface area contributed by atoms with Crippen molar-refractivity contribution in [1.82, 2.24) is 21.3 Å². The van der Waals surface area contributed by atoms with Crippen LogP contribution < -0.4 is 27.0 Å². The zero-order valence-electron chi connectivity index (χ0n) is 11.0. The maximum atomic E-state index is 9.52. The van der Waals surface area contributed by atoms with Gasteiger partial charge in [0.2, 0.25) is 0 Å². The van der Waals surface area contributed by atoms with Crippen LogP contribution in [0.15, 0.2) is 0 Å². The molecule has 0 bridgehead atoms. The standard InChI is InChI=1S/C8H20N4.C3H7NO2/c1-2-10-5-6-12-8-7-11-4-3-9-1;4-2-1-3(5)6/h9-12H,1-8H2;1-2,4H2,(H,5,6). The first-order valence-electron chi connectivity index (χ1n) is 6.52. The van der Waals surface area contributed by atoms with Crippen molar-refractivity contribution in [1.29, 1.82) is 0 Å². The van der Waals surface area contributed by atoms with Crippen LogP contribution in [-0.4, -0.2) is 70.0 Å². The summed E-state index contributed by atoms with van der Waals surface area (Å²) >= 11 is 0. The van der Waals surface area contributed by atoms with E-state index >= 15 is 0 Å². The van der Waals surface area contributed by atoms with E-state index in [-0.39, 0.29) is 13.0 Å². The summed E-state index contributed by atoms with van der Waals surface area (Å²) in [5.41, 5.74) is 4.85. The summed E-state index contributed by atoms with van der Waals surface area (Å²) in [6, 6.07) is 0. The highest BCUT2D eigenvalue weighted by Gasteiger charge is 1.92. The summed E-state index contributed by atoms with van der Waals surface area (Å²) in [5, 5.41) is 21.3. The third-order valence-electron chi connectivity index (χ3n) is 2.27. The molecule has 7 heteroatoms. The monoisotopic (exact) mass is 261 g/mol. The summed E-state index contributed by atoms with van der Waals surface area (Å²) in [6.07, 6.45) is 0.0694. The Labute approximate surface area is 109 Å². The molecule has 18 heavy (non-hydrogen) atoms. The predicted molar refractivity (Wildman–Crippen MR) is 72.8 cm³/mol. The number of rotatable bonds is 2. The lowest BCUT2D eigenvalue weighted by atomic mass is 10.4. The smallest absolute Gasteiger partial charge is 0.304 e. The number of nitrogens with two attached hydrogens (primary N) is 1. The van der Waals surface area contributed by atoms with Crippen LogP contribution in [0.5, 0.6) is 0 Å². The summed E-state index contributed by atoms with van der Waals surface area (Å²) < 4.78 is 0. The SMILES string of the molecule is C1CNCCNCCNCCN1.NCCC(=O)O. The molecule has 0 amide bonds. The highest BCUT2D eigenvalue weighted by molar-refractivity contribution is 5.66. The van der Waals surface area contributed by atoms with Gasteiger partial charge in [0.05, 0.1) is 6.42 Å². The van der Waals surface area contributed by atoms with Crippen LogP contribution in [0, 0.1) is 0 Å². The largest absolute Gasteiger partial charge is 0.481 e. The first-order valence-corrected chi connectivity index (χ1v) is 6.52. The number of carboxylic acid groups (broad SMARTS) is 1. The van der Waals surface area contributed by atoms with Crippen LogP contribution in [0.1, 0.15) is 6.42 Å². The van der Waals surface area contributed by atoms with E-state index in [2.05, 4.69) is 21.3 Å². The Kier molecular flexibility index (Phi) is 13.8. The third kappa shape index (κ3) is 15.3. The number of aliphatic carboxylic acids is 1. The summed E-state index contributed by atoms with van der Waals surface area (Å²) in [7, 11) is 0. The molecule has 1 heterocycles. The molecule has 1 aliphatic heterocycles. The number of carboxylic acids is 1. The van der Waals surface area contributed by atoms with Gasteiger partial charge in [-0.2, -0.15) is 0 Å². The first kappa shape index (κ1) is 17.3. The van der Waals surface area contributed by atoms with E-state index in [0.29, 0.717) is 0 Å². The van der Waals surface area contributed by atoms with E-state index in [0.717, 1.165) is 52.4 Å². The van der Waals surface area contributed by atoms with Crippen LogP contribution >= 0.6 is 0 Å². The molecule has 0 aromatic rings. The zero-order chi connectivity index (χ0) is 13.5. The molecule has 0 radical (unpaired) electrons. The first-order chi connectivity index (χ1) is 8.77. The van der Waals surface area contributed by atoms with Crippen molar-refractivity contribution < 1.29 is 9.90 Å². The predicted octanol–water partition coefficient (Wildman–Crippen LogP) is -2.22. The fraction of sp³-hybridized carbons (Fsp3) is 0.909. The van der Waals surface area contributed by atoms with Crippen molar-refractivity contribution in [3.8, 4) is 0 Å². The zero-order valence-corrected chi connectivity index (χ0v) is 11.0. The molecule has 7 nitrogen and oxygen atoms in total. The Morgan fingerprint density at radius 3 is 1.22 bits per heavy atom. The van der Waals surface area contributed by atoms with Gasteiger partial charge in [-0.3, -0.25) is 4.79 Å². The van der Waals surface area contributed by atoms with E-state index in [1.54, 1.807) is 0 Å². The third-order valence-corrected chi connectivity index (χ3v) is 2.27. The molecular weight excluding hydrogens is 234 g/mol. The van der Waals surface area contributed by atoms with Crippen molar-refractivity contribution in [3.05, 3.63) is 0 Å². The maximum absolute atomic E-state index is 9.52. The van der Waals surface area contributed by atoms with E-state index in [1.165, 1.54) is 0 Å². The normalized spacial score (nSPS) is 18.7. The molecule has 0 saturated carbocycles. The Morgan fingerprint density at radius 1 is 0.833 bits per heavy atom. The lowest BCUT2D eigenvalue weighted by Gasteiger charge is -2.11. The van der Waals surface area contributed by atoms with Crippen molar-refractivity contribution in [2.75, 3.05) is 58.9 Å². The Balaban J connectivity index is 0.000000411. The molecule has 0 aliphatic carbocycles. The van der Waals surface area contributed by atoms with Crippen LogP contribution in [0.3, 0.4) is 0 Å². The lowest BCUT2D eigenvalue weighted by Crippen LogP contribution is -2.39. The van der Waals surface area contributed by atoms with Gasteiger partial charge >= 0.3 is 5.97 Å². The summed E-state index contributed by atoms with van der Waals surface area (Å²) in [6.45, 7) is 8.80. The second-order valence-electron chi connectivity index (χ2n) is 3.93. The van der Waals surface area contributed by atoms with E-state index in [1.807, 2.05) is 0 Å². The molecular formula is C11H27N5O2. The minimum Gasteiger partial charge on any atom is -0.481 e. The second-order valence-corrected chi connectivity index (χ2v) is 3.93. The maximum Gasteiger partial charge on any atom is 0.304 e. The van der Waals surface area contributed by atoms with E-state index in [9.17, 15) is 4.79 Å². The van der Waals surface area contributed by atoms with Crippen molar-refractivity contribution in [3.63, 3.8) is 0 Å². The Bertz CT molecular complexity index is 149. The molecule has 1 aliphatic rings. The van der Waals surface area contributed by atoms with Gasteiger partial charge in [0, 0.05) is 58.9 Å². The topological polar surface area (TPSA) is 111 Å². The summed E-state index contributed by atoms with van der Waals surface area (Å²) in [5.74, 6) is -0.836. The molecule has 0 unspecified atom stereocenters. The van der Waals surface area contributed by atoms with Crippen LogP contribution in [0.25, 0.3) is 0 Å². The van der Waals surface area contributed by atoms with Crippen molar-refractivity contribution in [2.45, 2.75) is 6.42 Å². The Hall–Kier alpha value is -0.730. The number of nitrogens with one attached hydrogen (secondary N) is 4. The average Bonchev–Trinajstić information content (AvgIpc) is 2.30. The average molecular weight is 261 g/mol. The van der Waals surface area contributed by atoms with Gasteiger partial charge < -0.3 is 32.1 Å². The Morgan fingerprint density at radius 2 is 1.11 bits per heavy atom. The fourth-order valence-corrected chi connectivity index (χ4v) is 1.33. The van der Waals surface area contributed by atoms with Gasteiger partial charge in [-0.25, -0.2) is 0 Å². The van der Waals surface area contributed by atoms with Gasteiger partial charge in [0.1, 0.15) is 0 Å². The minimum absolute atomic E-state index is 0.0694. The molecule has 0 aromatic heterocycles. The van der Waals surface area contributed by atoms with Crippen LogP contribution in [-0.2, 0) is 4.79 Å². The van der Waals surface area contributed by atoms with E-state index < -0.39 is 5.97 Å². The van der Waals surface area contributed by atoms with E-state index in [4.69, 9.17) is 10.8 Å².